The molecule has 1 heterocycles. The summed E-state index contributed by atoms with van der Waals surface area (Å²) >= 11 is 5.83. The molecule has 5 heteroatoms. The van der Waals surface area contributed by atoms with Crippen LogP contribution in [0.1, 0.15) is 19.3 Å². The summed E-state index contributed by atoms with van der Waals surface area (Å²) in [7, 11) is 0. The molecule has 0 radical (unpaired) electrons. The van der Waals surface area contributed by atoms with E-state index in [1.807, 2.05) is 24.3 Å². The van der Waals surface area contributed by atoms with Gasteiger partial charge in [0.05, 0.1) is 25.9 Å². The first-order chi connectivity index (χ1) is 10.3. The molecule has 0 amide bonds. The molecule has 4 nitrogen and oxygen atoms in total. The summed E-state index contributed by atoms with van der Waals surface area (Å²) in [6.45, 7) is 4.48. The molecule has 0 saturated carbocycles. The molecule has 0 unspecified atom stereocenters. The maximum absolute atomic E-state index is 8.74. The zero-order chi connectivity index (χ0) is 14.9. The van der Waals surface area contributed by atoms with Crippen molar-refractivity contribution in [3.05, 3.63) is 29.3 Å². The number of halogens is 1. The number of likely N-dealkylation sites (tertiary alicyclic amines) is 1. The lowest BCUT2D eigenvalue weighted by molar-refractivity contribution is -0.00820. The zero-order valence-corrected chi connectivity index (χ0v) is 13.1. The van der Waals surface area contributed by atoms with Gasteiger partial charge in [0, 0.05) is 24.7 Å². The molecule has 0 spiro atoms. The Morgan fingerprint density at radius 1 is 1.14 bits per heavy atom. The van der Waals surface area contributed by atoms with E-state index in [9.17, 15) is 0 Å². The van der Waals surface area contributed by atoms with Crippen molar-refractivity contribution in [3.8, 4) is 5.75 Å². The highest BCUT2D eigenvalue weighted by molar-refractivity contribution is 6.30. The number of aliphatic hydroxyl groups is 1. The predicted octanol–water partition coefficient (Wildman–Crippen LogP) is 2.58. The highest BCUT2D eigenvalue weighted by Crippen LogP contribution is 2.16. The molecular formula is C16H24ClNO3. The molecule has 21 heavy (non-hydrogen) atoms. The molecule has 0 atom stereocenters. The van der Waals surface area contributed by atoms with Crippen molar-refractivity contribution in [1.29, 1.82) is 0 Å². The van der Waals surface area contributed by atoms with Gasteiger partial charge in [-0.15, -0.1) is 0 Å². The Bertz CT molecular complexity index is 391. The largest absolute Gasteiger partial charge is 0.494 e. The lowest BCUT2D eigenvalue weighted by Crippen LogP contribution is -2.38. The van der Waals surface area contributed by atoms with Crippen LogP contribution in [0.25, 0.3) is 0 Å². The Morgan fingerprint density at radius 3 is 2.52 bits per heavy atom. The molecule has 1 aliphatic rings. The number of nitrogens with zero attached hydrogens (tertiary/aromatic N) is 1. The molecule has 1 fully saturated rings. The van der Waals surface area contributed by atoms with Crippen LogP contribution in [-0.2, 0) is 4.74 Å². The van der Waals surface area contributed by atoms with E-state index in [1.165, 1.54) is 0 Å². The number of hydrogen-bond acceptors (Lipinski definition) is 4. The van der Waals surface area contributed by atoms with Crippen LogP contribution in [-0.4, -0.2) is 55.6 Å². The van der Waals surface area contributed by atoms with Gasteiger partial charge in [-0.05, 0) is 43.5 Å². The van der Waals surface area contributed by atoms with Crippen molar-refractivity contribution in [2.75, 3.05) is 39.5 Å². The van der Waals surface area contributed by atoms with Crippen LogP contribution in [0, 0.1) is 0 Å². The van der Waals surface area contributed by atoms with Gasteiger partial charge in [0.1, 0.15) is 5.75 Å². The second-order valence-electron chi connectivity index (χ2n) is 5.29. The normalized spacial score (nSPS) is 17.0. The first-order valence-corrected chi connectivity index (χ1v) is 7.99. The lowest BCUT2D eigenvalue weighted by atomic mass is 10.1. The molecule has 118 valence electrons. The highest BCUT2D eigenvalue weighted by atomic mass is 35.5. The molecule has 0 bridgehead atoms. The number of ether oxygens (including phenoxy) is 2. The molecule has 1 aliphatic heterocycles. The first-order valence-electron chi connectivity index (χ1n) is 7.61. The number of aliphatic hydroxyl groups excluding tert-OH is 1. The second kappa shape index (κ2) is 9.26. The monoisotopic (exact) mass is 313 g/mol. The van der Waals surface area contributed by atoms with Crippen LogP contribution < -0.4 is 4.74 Å². The summed E-state index contributed by atoms with van der Waals surface area (Å²) < 4.78 is 11.2. The van der Waals surface area contributed by atoms with Crippen LogP contribution in [0.15, 0.2) is 24.3 Å². The fourth-order valence-electron chi connectivity index (χ4n) is 2.53. The molecule has 0 aromatic heterocycles. The van der Waals surface area contributed by atoms with E-state index in [1.54, 1.807) is 0 Å². The van der Waals surface area contributed by atoms with Gasteiger partial charge in [-0.2, -0.15) is 0 Å². The van der Waals surface area contributed by atoms with Gasteiger partial charge in [-0.3, -0.25) is 0 Å². The standard InChI is InChI=1S/C16H24ClNO3/c17-14-2-4-15(5-3-14)20-12-1-8-18-9-6-16(7-10-18)21-13-11-19/h2-5,16,19H,1,6-13H2. The van der Waals surface area contributed by atoms with Crippen LogP contribution in [0.4, 0.5) is 0 Å². The SMILES string of the molecule is OCCOC1CCN(CCCOc2ccc(Cl)cc2)CC1. The number of piperidine rings is 1. The molecule has 2 rings (SSSR count). The molecule has 1 saturated heterocycles. The van der Waals surface area contributed by atoms with Crippen LogP contribution >= 0.6 is 11.6 Å². The second-order valence-corrected chi connectivity index (χ2v) is 5.73. The average molecular weight is 314 g/mol. The van der Waals surface area contributed by atoms with E-state index in [0.29, 0.717) is 12.7 Å². The van der Waals surface area contributed by atoms with Gasteiger partial charge >= 0.3 is 0 Å². The summed E-state index contributed by atoms with van der Waals surface area (Å²) in [5.74, 6) is 0.871. The summed E-state index contributed by atoms with van der Waals surface area (Å²) in [6, 6.07) is 7.47. The van der Waals surface area contributed by atoms with Gasteiger partial charge < -0.3 is 19.5 Å². The van der Waals surface area contributed by atoms with Crippen molar-refractivity contribution in [2.45, 2.75) is 25.4 Å². The van der Waals surface area contributed by atoms with Crippen molar-refractivity contribution in [3.63, 3.8) is 0 Å². The van der Waals surface area contributed by atoms with Gasteiger partial charge in [-0.25, -0.2) is 0 Å². The first kappa shape index (κ1) is 16.6. The molecule has 0 aliphatic carbocycles. The van der Waals surface area contributed by atoms with Crippen LogP contribution in [0.5, 0.6) is 5.75 Å². The van der Waals surface area contributed by atoms with Crippen molar-refractivity contribution < 1.29 is 14.6 Å². The minimum Gasteiger partial charge on any atom is -0.494 e. The topological polar surface area (TPSA) is 41.9 Å². The Balaban J connectivity index is 1.54. The third-order valence-electron chi connectivity index (χ3n) is 3.68. The van der Waals surface area contributed by atoms with E-state index in [-0.39, 0.29) is 6.61 Å². The Morgan fingerprint density at radius 2 is 1.86 bits per heavy atom. The fourth-order valence-corrected chi connectivity index (χ4v) is 2.65. The van der Waals surface area contributed by atoms with Crippen LogP contribution in [0.3, 0.4) is 0 Å². The number of benzene rings is 1. The van der Waals surface area contributed by atoms with E-state index in [2.05, 4.69) is 4.90 Å². The third kappa shape index (κ3) is 6.22. The molecular weight excluding hydrogens is 290 g/mol. The smallest absolute Gasteiger partial charge is 0.119 e. The van der Waals surface area contributed by atoms with Gasteiger partial charge in [0.2, 0.25) is 0 Å². The molecule has 1 aromatic rings. The Labute approximate surface area is 131 Å². The van der Waals surface area contributed by atoms with Gasteiger partial charge in [0.15, 0.2) is 0 Å². The fraction of sp³-hybridized carbons (Fsp3) is 0.625. The van der Waals surface area contributed by atoms with E-state index >= 15 is 0 Å². The minimum absolute atomic E-state index is 0.113. The van der Waals surface area contributed by atoms with Crippen molar-refractivity contribution in [1.82, 2.24) is 4.90 Å². The third-order valence-corrected chi connectivity index (χ3v) is 3.93. The maximum atomic E-state index is 8.74. The maximum Gasteiger partial charge on any atom is 0.119 e. The Hall–Kier alpha value is -0.810. The summed E-state index contributed by atoms with van der Waals surface area (Å²) in [5.41, 5.74) is 0. The van der Waals surface area contributed by atoms with E-state index in [0.717, 1.165) is 56.3 Å². The number of rotatable bonds is 8. The minimum atomic E-state index is 0.113. The number of hydrogen-bond donors (Lipinski definition) is 1. The van der Waals surface area contributed by atoms with Crippen molar-refractivity contribution in [2.24, 2.45) is 0 Å². The molecule has 1 N–H and O–H groups in total. The van der Waals surface area contributed by atoms with E-state index < -0.39 is 0 Å². The van der Waals surface area contributed by atoms with Gasteiger partial charge in [0.25, 0.3) is 0 Å². The van der Waals surface area contributed by atoms with Crippen molar-refractivity contribution >= 4 is 11.6 Å². The van der Waals surface area contributed by atoms with E-state index in [4.69, 9.17) is 26.2 Å². The lowest BCUT2D eigenvalue weighted by Gasteiger charge is -2.31. The molecule has 1 aromatic carbocycles. The zero-order valence-electron chi connectivity index (χ0n) is 12.3. The predicted molar refractivity (Wildman–Crippen MR) is 84.1 cm³/mol. The summed E-state index contributed by atoms with van der Waals surface area (Å²) in [4.78, 5) is 2.45. The van der Waals surface area contributed by atoms with Gasteiger partial charge in [-0.1, -0.05) is 11.6 Å². The average Bonchev–Trinajstić information content (AvgIpc) is 2.52. The quantitative estimate of drug-likeness (QED) is 0.749. The highest BCUT2D eigenvalue weighted by Gasteiger charge is 2.18. The Kier molecular flexibility index (Phi) is 7.30. The summed E-state index contributed by atoms with van der Waals surface area (Å²) in [6.07, 6.45) is 3.44. The van der Waals surface area contributed by atoms with Crippen LogP contribution in [0.2, 0.25) is 5.02 Å². The summed E-state index contributed by atoms with van der Waals surface area (Å²) in [5, 5.41) is 9.47.